The van der Waals surface area contributed by atoms with Gasteiger partial charge in [-0.05, 0) is 33.9 Å². The maximum atomic E-state index is 5.75. The fourth-order valence-electron chi connectivity index (χ4n) is 2.36. The lowest BCUT2D eigenvalue weighted by molar-refractivity contribution is 0.108. The van der Waals surface area contributed by atoms with Crippen LogP contribution >= 0.6 is 0 Å². The molecule has 0 aliphatic carbocycles. The van der Waals surface area contributed by atoms with Gasteiger partial charge in [0.25, 0.3) is 0 Å². The maximum absolute atomic E-state index is 5.75. The van der Waals surface area contributed by atoms with Crippen LogP contribution in [-0.2, 0) is 13.5 Å². The van der Waals surface area contributed by atoms with Crippen molar-refractivity contribution in [2.24, 2.45) is 12.9 Å². The minimum absolute atomic E-state index is 0.0555. The van der Waals surface area contributed by atoms with E-state index in [1.807, 2.05) is 19.4 Å². The van der Waals surface area contributed by atoms with Crippen LogP contribution in [0.5, 0.6) is 0 Å². The Hall–Kier alpha value is -0.910. The summed E-state index contributed by atoms with van der Waals surface area (Å²) in [5.74, 6) is 6.85. The number of imidazole rings is 1. The molecule has 0 fully saturated rings. The zero-order valence-corrected chi connectivity index (χ0v) is 12.3. The van der Waals surface area contributed by atoms with Crippen LogP contribution in [0.1, 0.15) is 32.5 Å². The van der Waals surface area contributed by atoms with Crippen molar-refractivity contribution in [1.29, 1.82) is 0 Å². The van der Waals surface area contributed by atoms with Crippen molar-refractivity contribution in [2.45, 2.75) is 44.7 Å². The molecule has 2 unspecified atom stereocenters. The first kappa shape index (κ1) is 15.1. The Morgan fingerprint density at radius 2 is 2.22 bits per heavy atom. The molecule has 0 spiro atoms. The summed E-state index contributed by atoms with van der Waals surface area (Å²) in [6, 6.07) is 0.245. The van der Waals surface area contributed by atoms with Crippen molar-refractivity contribution in [3.8, 4) is 0 Å². The molecule has 0 saturated heterocycles. The third-order valence-electron chi connectivity index (χ3n) is 4.27. The first-order valence-electron chi connectivity index (χ1n) is 6.55. The zero-order valence-electron chi connectivity index (χ0n) is 12.3. The minimum Gasteiger partial charge on any atom is -0.338 e. The molecule has 1 aromatic heterocycles. The van der Waals surface area contributed by atoms with Crippen molar-refractivity contribution in [1.82, 2.24) is 19.9 Å². The van der Waals surface area contributed by atoms with E-state index < -0.39 is 0 Å². The Kier molecular flexibility index (Phi) is 5.31. The summed E-state index contributed by atoms with van der Waals surface area (Å²) in [7, 11) is 6.24. The first-order chi connectivity index (χ1) is 8.45. The van der Waals surface area contributed by atoms with Crippen molar-refractivity contribution < 1.29 is 0 Å². The molecule has 5 nitrogen and oxygen atoms in total. The van der Waals surface area contributed by atoms with Crippen LogP contribution in [0, 0.1) is 0 Å². The minimum atomic E-state index is 0.0555. The molecule has 0 aliphatic rings. The van der Waals surface area contributed by atoms with Gasteiger partial charge in [0.15, 0.2) is 0 Å². The molecule has 0 aromatic carbocycles. The van der Waals surface area contributed by atoms with Crippen molar-refractivity contribution in [3.63, 3.8) is 0 Å². The lowest BCUT2D eigenvalue weighted by Crippen LogP contribution is -2.58. The number of aromatic nitrogens is 2. The molecule has 2 atom stereocenters. The van der Waals surface area contributed by atoms with Gasteiger partial charge in [0.05, 0.1) is 0 Å². The predicted molar refractivity (Wildman–Crippen MR) is 75.0 cm³/mol. The number of rotatable bonds is 7. The zero-order chi connectivity index (χ0) is 13.8. The highest BCUT2D eigenvalue weighted by Gasteiger charge is 2.33. The third-order valence-corrected chi connectivity index (χ3v) is 4.27. The van der Waals surface area contributed by atoms with Crippen LogP contribution in [0.3, 0.4) is 0 Å². The van der Waals surface area contributed by atoms with E-state index >= 15 is 0 Å². The van der Waals surface area contributed by atoms with Crippen LogP contribution in [0.15, 0.2) is 12.4 Å². The van der Waals surface area contributed by atoms with Gasteiger partial charge in [-0.3, -0.25) is 11.3 Å². The molecule has 3 N–H and O–H groups in total. The van der Waals surface area contributed by atoms with Crippen LogP contribution in [0.4, 0.5) is 0 Å². The van der Waals surface area contributed by atoms with E-state index in [-0.39, 0.29) is 11.6 Å². The van der Waals surface area contributed by atoms with E-state index in [4.69, 9.17) is 5.84 Å². The lowest BCUT2D eigenvalue weighted by Gasteiger charge is -2.42. The van der Waals surface area contributed by atoms with Gasteiger partial charge >= 0.3 is 0 Å². The molecule has 1 heterocycles. The molecular weight excluding hydrogens is 226 g/mol. The molecule has 1 aromatic rings. The Morgan fingerprint density at radius 1 is 1.56 bits per heavy atom. The number of nitrogens with two attached hydrogens (primary N) is 1. The van der Waals surface area contributed by atoms with Crippen LogP contribution in [0.2, 0.25) is 0 Å². The Bertz CT molecular complexity index is 360. The van der Waals surface area contributed by atoms with E-state index in [2.05, 4.69) is 47.8 Å². The standard InChI is InChI=1S/C13H27N5/c1-6-13(2,17(3)4)11(16-14)7-8-12-15-9-10-18(12)5/h9-11,16H,6-8,14H2,1-5H3. The third kappa shape index (κ3) is 3.10. The summed E-state index contributed by atoms with van der Waals surface area (Å²) in [5, 5.41) is 0. The topological polar surface area (TPSA) is 59.1 Å². The molecule has 18 heavy (non-hydrogen) atoms. The predicted octanol–water partition coefficient (Wildman–Crippen LogP) is 0.915. The Balaban J connectivity index is 2.70. The molecule has 0 amide bonds. The number of aryl methyl sites for hydroxylation is 2. The maximum Gasteiger partial charge on any atom is 0.108 e. The number of nitrogens with one attached hydrogen (secondary N) is 1. The number of hydrazine groups is 1. The van der Waals surface area contributed by atoms with Gasteiger partial charge in [-0.15, -0.1) is 0 Å². The van der Waals surface area contributed by atoms with E-state index in [1.54, 1.807) is 0 Å². The summed E-state index contributed by atoms with van der Waals surface area (Å²) < 4.78 is 2.06. The number of hydrogen-bond acceptors (Lipinski definition) is 4. The lowest BCUT2D eigenvalue weighted by atomic mass is 9.85. The van der Waals surface area contributed by atoms with Crippen LogP contribution in [-0.4, -0.2) is 40.1 Å². The second-order valence-corrected chi connectivity index (χ2v) is 5.32. The van der Waals surface area contributed by atoms with Gasteiger partial charge in [0.1, 0.15) is 5.82 Å². The molecule has 104 valence electrons. The van der Waals surface area contributed by atoms with E-state index in [1.165, 1.54) is 0 Å². The van der Waals surface area contributed by atoms with Crippen molar-refractivity contribution >= 4 is 0 Å². The first-order valence-corrected chi connectivity index (χ1v) is 6.55. The summed E-state index contributed by atoms with van der Waals surface area (Å²) in [6.45, 7) is 4.45. The highest BCUT2D eigenvalue weighted by molar-refractivity contribution is 4.97. The van der Waals surface area contributed by atoms with Crippen molar-refractivity contribution in [3.05, 3.63) is 18.2 Å². The largest absolute Gasteiger partial charge is 0.338 e. The average Bonchev–Trinajstić information content (AvgIpc) is 2.75. The Morgan fingerprint density at radius 3 is 2.61 bits per heavy atom. The van der Waals surface area contributed by atoms with Gasteiger partial charge in [-0.2, -0.15) is 0 Å². The van der Waals surface area contributed by atoms with E-state index in [0.29, 0.717) is 0 Å². The molecule has 0 radical (unpaired) electrons. The average molecular weight is 253 g/mol. The van der Waals surface area contributed by atoms with Crippen molar-refractivity contribution in [2.75, 3.05) is 14.1 Å². The fourth-order valence-corrected chi connectivity index (χ4v) is 2.36. The second-order valence-electron chi connectivity index (χ2n) is 5.32. The normalized spacial score (nSPS) is 16.8. The number of nitrogens with zero attached hydrogens (tertiary/aromatic N) is 3. The van der Waals surface area contributed by atoms with Gasteiger partial charge in [-0.1, -0.05) is 6.92 Å². The summed E-state index contributed by atoms with van der Waals surface area (Å²) in [5.41, 5.74) is 3.03. The monoisotopic (exact) mass is 253 g/mol. The highest BCUT2D eigenvalue weighted by atomic mass is 15.3. The summed E-state index contributed by atoms with van der Waals surface area (Å²) >= 11 is 0. The molecule has 1 rings (SSSR count). The van der Waals surface area contributed by atoms with E-state index in [9.17, 15) is 0 Å². The molecule has 5 heteroatoms. The molecule has 0 aliphatic heterocycles. The number of likely N-dealkylation sites (N-methyl/N-ethyl adjacent to an activating group) is 1. The highest BCUT2D eigenvalue weighted by Crippen LogP contribution is 2.23. The second kappa shape index (κ2) is 6.31. The Labute approximate surface area is 110 Å². The van der Waals surface area contributed by atoms with Gasteiger partial charge in [0, 0.05) is 37.4 Å². The van der Waals surface area contributed by atoms with Crippen LogP contribution < -0.4 is 11.3 Å². The number of hydrogen-bond donors (Lipinski definition) is 2. The summed E-state index contributed by atoms with van der Waals surface area (Å²) in [6.07, 6.45) is 6.78. The summed E-state index contributed by atoms with van der Waals surface area (Å²) in [4.78, 5) is 6.60. The SMILES string of the molecule is CCC(C)(C(CCc1nccn1C)NN)N(C)C. The van der Waals surface area contributed by atoms with Crippen LogP contribution in [0.25, 0.3) is 0 Å². The van der Waals surface area contributed by atoms with Gasteiger partial charge in [-0.25, -0.2) is 4.98 Å². The molecule has 0 saturated carbocycles. The molecule has 0 bridgehead atoms. The van der Waals surface area contributed by atoms with Gasteiger partial charge < -0.3 is 9.47 Å². The van der Waals surface area contributed by atoms with Gasteiger partial charge in [0.2, 0.25) is 0 Å². The molecular formula is C13H27N5. The smallest absolute Gasteiger partial charge is 0.108 e. The fraction of sp³-hybridized carbons (Fsp3) is 0.769. The quantitative estimate of drug-likeness (QED) is 0.560. The van der Waals surface area contributed by atoms with E-state index in [0.717, 1.165) is 25.1 Å².